The van der Waals surface area contributed by atoms with Crippen LogP contribution in [-0.4, -0.2) is 19.3 Å². The molecule has 3 aromatic rings. The van der Waals surface area contributed by atoms with Crippen LogP contribution in [0.4, 0.5) is 0 Å². The summed E-state index contributed by atoms with van der Waals surface area (Å²) in [4.78, 5) is 0.359. The van der Waals surface area contributed by atoms with Crippen molar-refractivity contribution in [2.45, 2.75) is 37.5 Å². The van der Waals surface area contributed by atoms with Crippen LogP contribution >= 0.6 is 0 Å². The Morgan fingerprint density at radius 3 is 2.17 bits per heavy atom. The van der Waals surface area contributed by atoms with Crippen molar-refractivity contribution in [2.24, 2.45) is 0 Å². The largest absolute Gasteiger partial charge is 0.266 e. The fourth-order valence-corrected chi connectivity index (χ4v) is 6.32. The summed E-state index contributed by atoms with van der Waals surface area (Å²) >= 11 is 0. The van der Waals surface area contributed by atoms with Crippen LogP contribution in [0.1, 0.15) is 46.6 Å². The van der Waals surface area contributed by atoms with Gasteiger partial charge in [-0.05, 0) is 55.5 Å². The van der Waals surface area contributed by atoms with E-state index in [9.17, 15) is 8.42 Å². The van der Waals surface area contributed by atoms with E-state index < -0.39 is 10.0 Å². The van der Waals surface area contributed by atoms with Gasteiger partial charge in [0, 0.05) is 18.0 Å². The van der Waals surface area contributed by atoms with E-state index >= 15 is 0 Å². The molecule has 0 unspecified atom stereocenters. The normalized spacial score (nSPS) is 18.3. The SMILES string of the molecule is Cc1ccc([C@H]2C3=C(c4ccccc42)N(S(=O)(=O)c2ccc(C)cc2)CCC3)cc1. The zero-order valence-corrected chi connectivity index (χ0v) is 18.1. The van der Waals surface area contributed by atoms with E-state index in [1.54, 1.807) is 16.4 Å². The number of allylic oxidation sites excluding steroid dienone is 1. The average molecular weight is 416 g/mol. The first-order chi connectivity index (χ1) is 14.5. The number of rotatable bonds is 3. The van der Waals surface area contributed by atoms with Crippen molar-refractivity contribution >= 4 is 15.7 Å². The maximum atomic E-state index is 13.6. The van der Waals surface area contributed by atoms with Crippen LogP contribution in [0, 0.1) is 13.8 Å². The molecule has 1 aliphatic heterocycles. The second kappa shape index (κ2) is 7.13. The van der Waals surface area contributed by atoms with Gasteiger partial charge in [0.05, 0.1) is 10.6 Å². The number of hydrogen-bond donors (Lipinski definition) is 0. The highest BCUT2D eigenvalue weighted by Crippen LogP contribution is 2.51. The second-order valence-corrected chi connectivity index (χ2v) is 10.2. The van der Waals surface area contributed by atoms with Crippen LogP contribution < -0.4 is 0 Å². The van der Waals surface area contributed by atoms with Crippen LogP contribution in [0.25, 0.3) is 5.70 Å². The number of sulfonamides is 1. The van der Waals surface area contributed by atoms with Crippen molar-refractivity contribution in [1.82, 2.24) is 4.31 Å². The Morgan fingerprint density at radius 1 is 0.833 bits per heavy atom. The minimum absolute atomic E-state index is 0.118. The number of hydrogen-bond acceptors (Lipinski definition) is 2. The van der Waals surface area contributed by atoms with Crippen molar-refractivity contribution in [3.8, 4) is 0 Å². The molecule has 2 aliphatic rings. The van der Waals surface area contributed by atoms with Gasteiger partial charge in [0.2, 0.25) is 0 Å². The Balaban J connectivity index is 1.68. The molecule has 1 heterocycles. The molecule has 1 atom stereocenters. The lowest BCUT2D eigenvalue weighted by Crippen LogP contribution is -2.33. The lowest BCUT2D eigenvalue weighted by Gasteiger charge is -2.32. The van der Waals surface area contributed by atoms with E-state index in [4.69, 9.17) is 0 Å². The summed E-state index contributed by atoms with van der Waals surface area (Å²) in [6.07, 6.45) is 1.75. The van der Waals surface area contributed by atoms with Crippen LogP contribution in [0.5, 0.6) is 0 Å². The first-order valence-electron chi connectivity index (χ1n) is 10.4. The molecule has 0 fully saturated rings. The fourth-order valence-electron chi connectivity index (χ4n) is 4.76. The van der Waals surface area contributed by atoms with Crippen molar-refractivity contribution in [2.75, 3.05) is 6.54 Å². The molecule has 1 aliphatic carbocycles. The topological polar surface area (TPSA) is 37.4 Å². The van der Waals surface area contributed by atoms with Gasteiger partial charge in [0.25, 0.3) is 10.0 Å². The molecule has 0 bridgehead atoms. The monoisotopic (exact) mass is 415 g/mol. The lowest BCUT2D eigenvalue weighted by molar-refractivity contribution is 0.483. The Kier molecular flexibility index (Phi) is 4.55. The maximum absolute atomic E-state index is 13.6. The standard InChI is InChI=1S/C26H25NO2S/c1-18-9-13-20(14-10-18)25-22-6-3-4-7-23(22)26-24(25)8-5-17-27(26)30(28,29)21-15-11-19(2)12-16-21/h3-4,6-7,9-16,25H,5,8,17H2,1-2H3/t25-/m1/s1. The van der Waals surface area contributed by atoms with Gasteiger partial charge in [-0.1, -0.05) is 71.8 Å². The van der Waals surface area contributed by atoms with Crippen molar-refractivity contribution in [1.29, 1.82) is 0 Å². The van der Waals surface area contributed by atoms with Gasteiger partial charge >= 0.3 is 0 Å². The Morgan fingerprint density at radius 2 is 1.47 bits per heavy atom. The van der Waals surface area contributed by atoms with Gasteiger partial charge in [-0.3, -0.25) is 4.31 Å². The zero-order valence-electron chi connectivity index (χ0n) is 17.3. The molecule has 30 heavy (non-hydrogen) atoms. The van der Waals surface area contributed by atoms with E-state index in [1.807, 2.05) is 25.1 Å². The number of benzene rings is 3. The quantitative estimate of drug-likeness (QED) is 0.555. The van der Waals surface area contributed by atoms with Gasteiger partial charge in [0.1, 0.15) is 0 Å². The molecular formula is C26H25NO2S. The van der Waals surface area contributed by atoms with Gasteiger partial charge in [0.15, 0.2) is 0 Å². The summed E-state index contributed by atoms with van der Waals surface area (Å²) in [5, 5.41) is 0. The first-order valence-corrected chi connectivity index (χ1v) is 11.9. The smallest absolute Gasteiger partial charge is 0.264 e. The van der Waals surface area contributed by atoms with Crippen molar-refractivity contribution < 1.29 is 8.42 Å². The Labute approximate surface area is 178 Å². The minimum atomic E-state index is -3.61. The first kappa shape index (κ1) is 19.1. The predicted molar refractivity (Wildman–Crippen MR) is 121 cm³/mol. The molecular weight excluding hydrogens is 390 g/mol. The van der Waals surface area contributed by atoms with E-state index in [2.05, 4.69) is 49.4 Å². The molecule has 0 saturated heterocycles. The molecule has 3 aromatic carbocycles. The summed E-state index contributed by atoms with van der Waals surface area (Å²) in [5.74, 6) is 0.118. The Bertz CT molecular complexity index is 1240. The Hall–Kier alpha value is -2.85. The molecule has 0 N–H and O–H groups in total. The van der Waals surface area contributed by atoms with Crippen LogP contribution in [0.3, 0.4) is 0 Å². The number of nitrogens with zero attached hydrogens (tertiary/aromatic N) is 1. The maximum Gasteiger partial charge on any atom is 0.264 e. The number of aryl methyl sites for hydroxylation is 2. The fraction of sp³-hybridized carbons (Fsp3) is 0.231. The average Bonchev–Trinajstić information content (AvgIpc) is 3.09. The van der Waals surface area contributed by atoms with Gasteiger partial charge < -0.3 is 0 Å². The van der Waals surface area contributed by atoms with Crippen LogP contribution in [-0.2, 0) is 10.0 Å². The third-order valence-electron chi connectivity index (χ3n) is 6.26. The molecule has 5 rings (SSSR count). The summed E-state index contributed by atoms with van der Waals surface area (Å²) in [6.45, 7) is 4.58. The molecule has 3 nitrogen and oxygen atoms in total. The van der Waals surface area contributed by atoms with E-state index in [1.165, 1.54) is 22.3 Å². The molecule has 0 saturated carbocycles. The highest BCUT2D eigenvalue weighted by atomic mass is 32.2. The highest BCUT2D eigenvalue weighted by Gasteiger charge is 2.40. The van der Waals surface area contributed by atoms with Crippen LogP contribution in [0.2, 0.25) is 0 Å². The van der Waals surface area contributed by atoms with Crippen molar-refractivity contribution in [3.05, 3.63) is 106 Å². The summed E-state index contributed by atoms with van der Waals surface area (Å²) < 4.78 is 28.9. The van der Waals surface area contributed by atoms with E-state index in [0.29, 0.717) is 11.4 Å². The summed E-state index contributed by atoms with van der Waals surface area (Å²) in [7, 11) is -3.61. The zero-order chi connectivity index (χ0) is 20.9. The molecule has 4 heteroatoms. The second-order valence-electron chi connectivity index (χ2n) is 8.30. The summed E-state index contributed by atoms with van der Waals surface area (Å²) in [5.41, 5.74) is 7.88. The third kappa shape index (κ3) is 2.98. The van der Waals surface area contributed by atoms with Gasteiger partial charge in [-0.15, -0.1) is 0 Å². The minimum Gasteiger partial charge on any atom is -0.266 e. The van der Waals surface area contributed by atoms with Gasteiger partial charge in [-0.25, -0.2) is 8.42 Å². The number of fused-ring (bicyclic) bond motifs is 2. The predicted octanol–water partition coefficient (Wildman–Crippen LogP) is 5.64. The molecule has 0 aromatic heterocycles. The highest BCUT2D eigenvalue weighted by molar-refractivity contribution is 7.89. The van der Waals surface area contributed by atoms with Crippen LogP contribution in [0.15, 0.2) is 83.3 Å². The molecule has 152 valence electrons. The van der Waals surface area contributed by atoms with E-state index in [0.717, 1.165) is 29.7 Å². The van der Waals surface area contributed by atoms with Crippen molar-refractivity contribution in [3.63, 3.8) is 0 Å². The third-order valence-corrected chi connectivity index (χ3v) is 8.07. The molecule has 0 spiro atoms. The lowest BCUT2D eigenvalue weighted by atomic mass is 9.86. The summed E-state index contributed by atoms with van der Waals surface area (Å²) in [6, 6.07) is 24.1. The molecule has 0 amide bonds. The van der Waals surface area contributed by atoms with Gasteiger partial charge in [-0.2, -0.15) is 0 Å². The van der Waals surface area contributed by atoms with E-state index in [-0.39, 0.29) is 5.92 Å². The molecule has 0 radical (unpaired) electrons.